The molecule has 2 rings (SSSR count). The molecule has 0 spiro atoms. The van der Waals surface area contributed by atoms with E-state index in [4.69, 9.17) is 10.5 Å². The number of hydrogen-bond donors (Lipinski definition) is 2. The van der Waals surface area contributed by atoms with Crippen LogP contribution in [0.4, 0.5) is 10.5 Å². The second kappa shape index (κ2) is 7.82. The topological polar surface area (TPSA) is 98.5 Å². The van der Waals surface area contributed by atoms with Gasteiger partial charge in [-0.05, 0) is 68.7 Å². The number of aryl methyl sites for hydroxylation is 3. The number of rotatable bonds is 5. The van der Waals surface area contributed by atoms with E-state index >= 15 is 0 Å². The predicted molar refractivity (Wildman–Crippen MR) is 99.5 cm³/mol. The van der Waals surface area contributed by atoms with Gasteiger partial charge in [-0.15, -0.1) is 0 Å². The molecule has 136 valence electrons. The fourth-order valence-electron chi connectivity index (χ4n) is 2.59. The number of anilines is 1. The lowest BCUT2D eigenvalue weighted by atomic mass is 9.96. The van der Waals surface area contributed by atoms with Gasteiger partial charge in [0.15, 0.2) is 6.10 Å². The predicted octanol–water partition coefficient (Wildman–Crippen LogP) is 3.53. The van der Waals surface area contributed by atoms with Crippen LogP contribution in [0.25, 0.3) is 0 Å². The van der Waals surface area contributed by atoms with Crippen molar-refractivity contribution in [3.8, 4) is 0 Å². The Kier molecular flexibility index (Phi) is 5.77. The van der Waals surface area contributed by atoms with Crippen molar-refractivity contribution in [3.05, 3.63) is 64.2 Å². The minimum absolute atomic E-state index is 0.215. The van der Waals surface area contributed by atoms with Crippen LogP contribution in [0.15, 0.2) is 36.4 Å². The number of nitrogens with one attached hydrogen (secondary N) is 1. The zero-order chi connectivity index (χ0) is 19.4. The van der Waals surface area contributed by atoms with Gasteiger partial charge in [0.1, 0.15) is 0 Å². The van der Waals surface area contributed by atoms with Gasteiger partial charge in [-0.25, -0.2) is 9.59 Å². The Morgan fingerprint density at radius 1 is 1.00 bits per heavy atom. The van der Waals surface area contributed by atoms with Gasteiger partial charge in [0.05, 0.1) is 5.56 Å². The van der Waals surface area contributed by atoms with Crippen LogP contribution in [0.5, 0.6) is 0 Å². The van der Waals surface area contributed by atoms with Crippen molar-refractivity contribution in [1.82, 2.24) is 0 Å². The number of ether oxygens (including phenoxy) is 1. The van der Waals surface area contributed by atoms with Crippen LogP contribution in [-0.4, -0.2) is 23.9 Å². The first-order valence-corrected chi connectivity index (χ1v) is 8.18. The Balaban J connectivity index is 2.15. The van der Waals surface area contributed by atoms with Gasteiger partial charge in [-0.1, -0.05) is 12.1 Å². The molecule has 0 saturated heterocycles. The molecule has 1 atom stereocenters. The van der Waals surface area contributed by atoms with Crippen molar-refractivity contribution in [1.29, 1.82) is 0 Å². The van der Waals surface area contributed by atoms with Crippen molar-refractivity contribution in [2.24, 2.45) is 5.73 Å². The SMILES string of the molecule is Cc1cc(C)c(C(=O)[C@@H](C)OC(=O)c2cccc(NC(N)=O)c2)cc1C. The Bertz CT molecular complexity index is 874. The van der Waals surface area contributed by atoms with Crippen molar-refractivity contribution in [2.75, 3.05) is 5.32 Å². The Morgan fingerprint density at radius 2 is 1.65 bits per heavy atom. The Labute approximate surface area is 152 Å². The highest BCUT2D eigenvalue weighted by atomic mass is 16.5. The van der Waals surface area contributed by atoms with Crippen molar-refractivity contribution in [3.63, 3.8) is 0 Å². The standard InChI is InChI=1S/C20H22N2O4/c1-11-8-13(3)17(9-12(11)2)18(23)14(4)26-19(24)15-6-5-7-16(10-15)22-20(21)25/h5-10,14H,1-4H3,(H3,21,22,25)/t14-/m1/s1. The van der Waals surface area contributed by atoms with Crippen LogP contribution in [0.3, 0.4) is 0 Å². The highest BCUT2D eigenvalue weighted by Gasteiger charge is 2.22. The van der Waals surface area contributed by atoms with Gasteiger partial charge in [0.25, 0.3) is 0 Å². The number of ketones is 1. The molecule has 26 heavy (non-hydrogen) atoms. The quantitative estimate of drug-likeness (QED) is 0.634. The molecule has 0 saturated carbocycles. The van der Waals surface area contributed by atoms with Gasteiger partial charge in [0, 0.05) is 11.3 Å². The molecule has 0 aliphatic carbocycles. The highest BCUT2D eigenvalue weighted by molar-refractivity contribution is 6.02. The second-order valence-electron chi connectivity index (χ2n) is 6.23. The summed E-state index contributed by atoms with van der Waals surface area (Å²) in [4.78, 5) is 35.9. The Hall–Kier alpha value is -3.15. The summed E-state index contributed by atoms with van der Waals surface area (Å²) in [6, 6.07) is 9.17. The first kappa shape index (κ1) is 19.2. The molecule has 6 nitrogen and oxygen atoms in total. The number of carbonyl (C=O) groups excluding carboxylic acids is 3. The third kappa shape index (κ3) is 4.47. The maximum Gasteiger partial charge on any atom is 0.338 e. The lowest BCUT2D eigenvalue weighted by Crippen LogP contribution is -2.25. The maximum atomic E-state index is 12.7. The van der Waals surface area contributed by atoms with Gasteiger partial charge in [-0.2, -0.15) is 0 Å². The monoisotopic (exact) mass is 354 g/mol. The molecule has 0 aliphatic heterocycles. The fraction of sp³-hybridized carbons (Fsp3) is 0.250. The average molecular weight is 354 g/mol. The second-order valence-corrected chi connectivity index (χ2v) is 6.23. The van der Waals surface area contributed by atoms with Crippen LogP contribution in [0, 0.1) is 20.8 Å². The fourth-order valence-corrected chi connectivity index (χ4v) is 2.59. The molecule has 0 bridgehead atoms. The van der Waals surface area contributed by atoms with E-state index in [1.54, 1.807) is 19.1 Å². The number of Topliss-reactive ketones (excluding diaryl/α,β-unsaturated/α-hetero) is 1. The average Bonchev–Trinajstić information content (AvgIpc) is 2.57. The van der Waals surface area contributed by atoms with E-state index < -0.39 is 18.1 Å². The number of nitrogens with two attached hydrogens (primary N) is 1. The van der Waals surface area contributed by atoms with Crippen LogP contribution in [0.1, 0.15) is 44.3 Å². The molecule has 6 heteroatoms. The van der Waals surface area contributed by atoms with E-state index in [0.29, 0.717) is 11.3 Å². The zero-order valence-corrected chi connectivity index (χ0v) is 15.3. The molecule has 2 amide bonds. The van der Waals surface area contributed by atoms with Crippen LogP contribution < -0.4 is 11.1 Å². The normalized spacial score (nSPS) is 11.5. The molecule has 0 fully saturated rings. The number of primary amides is 1. The van der Waals surface area contributed by atoms with Gasteiger partial charge in [0.2, 0.25) is 5.78 Å². The van der Waals surface area contributed by atoms with E-state index in [9.17, 15) is 14.4 Å². The van der Waals surface area contributed by atoms with Crippen molar-refractivity contribution in [2.45, 2.75) is 33.8 Å². The van der Waals surface area contributed by atoms with Gasteiger partial charge >= 0.3 is 12.0 Å². The van der Waals surface area contributed by atoms with Crippen LogP contribution in [-0.2, 0) is 4.74 Å². The van der Waals surface area contributed by atoms with E-state index in [1.165, 1.54) is 12.1 Å². The summed E-state index contributed by atoms with van der Waals surface area (Å²) < 4.78 is 5.31. The highest BCUT2D eigenvalue weighted by Crippen LogP contribution is 2.19. The summed E-state index contributed by atoms with van der Waals surface area (Å²) in [5.41, 5.74) is 9.13. The zero-order valence-electron chi connectivity index (χ0n) is 15.3. The smallest absolute Gasteiger partial charge is 0.338 e. The molecule has 2 aromatic rings. The van der Waals surface area contributed by atoms with Crippen LogP contribution in [0.2, 0.25) is 0 Å². The number of amides is 2. The first-order chi connectivity index (χ1) is 12.2. The molecular weight excluding hydrogens is 332 g/mol. The molecule has 0 aliphatic rings. The lowest BCUT2D eigenvalue weighted by molar-refractivity contribution is 0.0318. The summed E-state index contributed by atoms with van der Waals surface area (Å²) in [5.74, 6) is -0.911. The number of carbonyl (C=O) groups is 3. The largest absolute Gasteiger partial charge is 0.451 e. The molecule has 2 aromatic carbocycles. The summed E-state index contributed by atoms with van der Waals surface area (Å²) in [7, 11) is 0. The van der Waals surface area contributed by atoms with Gasteiger partial charge < -0.3 is 15.8 Å². The number of esters is 1. The maximum absolute atomic E-state index is 12.7. The van der Waals surface area contributed by atoms with E-state index in [-0.39, 0.29) is 11.3 Å². The molecule has 0 heterocycles. The Morgan fingerprint density at radius 3 is 2.31 bits per heavy atom. The molecule has 0 radical (unpaired) electrons. The molecule has 0 aromatic heterocycles. The van der Waals surface area contributed by atoms with Crippen molar-refractivity contribution >= 4 is 23.5 Å². The molecule has 0 unspecified atom stereocenters. The number of hydrogen-bond acceptors (Lipinski definition) is 4. The first-order valence-electron chi connectivity index (χ1n) is 8.18. The van der Waals surface area contributed by atoms with E-state index in [1.807, 2.05) is 32.9 Å². The van der Waals surface area contributed by atoms with Gasteiger partial charge in [-0.3, -0.25) is 4.79 Å². The lowest BCUT2D eigenvalue weighted by Gasteiger charge is -2.15. The summed E-state index contributed by atoms with van der Waals surface area (Å²) in [6.45, 7) is 7.31. The van der Waals surface area contributed by atoms with E-state index in [0.717, 1.165) is 16.7 Å². The minimum atomic E-state index is -0.934. The third-order valence-corrected chi connectivity index (χ3v) is 4.13. The van der Waals surface area contributed by atoms with E-state index in [2.05, 4.69) is 5.32 Å². The van der Waals surface area contributed by atoms with Crippen LogP contribution >= 0.6 is 0 Å². The third-order valence-electron chi connectivity index (χ3n) is 4.13. The summed E-state index contributed by atoms with van der Waals surface area (Å²) >= 11 is 0. The molecular formula is C20H22N2O4. The molecule has 3 N–H and O–H groups in total. The minimum Gasteiger partial charge on any atom is -0.451 e. The summed E-state index contributed by atoms with van der Waals surface area (Å²) in [5, 5.41) is 2.39. The number of benzene rings is 2. The van der Waals surface area contributed by atoms with Crippen molar-refractivity contribution < 1.29 is 19.1 Å². The number of urea groups is 1. The summed E-state index contributed by atoms with van der Waals surface area (Å²) in [6.07, 6.45) is -0.934.